The quantitative estimate of drug-likeness (QED) is 0.695. The van der Waals surface area contributed by atoms with E-state index >= 15 is 0 Å². The molecule has 0 saturated carbocycles. The van der Waals surface area contributed by atoms with Crippen molar-refractivity contribution in [1.82, 2.24) is 5.32 Å². The Hall–Kier alpha value is -0.0900. The summed E-state index contributed by atoms with van der Waals surface area (Å²) in [5.74, 6) is 0.732. The SMILES string of the molecule is CCCNC(CC)C(C)CCS(=O)(=O)C(C)C. The van der Waals surface area contributed by atoms with Crippen LogP contribution in [0.3, 0.4) is 0 Å². The Morgan fingerprint density at radius 2 is 1.71 bits per heavy atom. The lowest BCUT2D eigenvalue weighted by Gasteiger charge is -2.24. The van der Waals surface area contributed by atoms with E-state index in [9.17, 15) is 8.42 Å². The average Bonchev–Trinajstić information content (AvgIpc) is 2.27. The lowest BCUT2D eigenvalue weighted by Crippen LogP contribution is -2.36. The first-order chi connectivity index (χ1) is 7.85. The molecule has 2 atom stereocenters. The highest BCUT2D eigenvalue weighted by Gasteiger charge is 2.20. The van der Waals surface area contributed by atoms with E-state index in [1.807, 2.05) is 0 Å². The molecule has 0 amide bonds. The van der Waals surface area contributed by atoms with E-state index in [2.05, 4.69) is 26.1 Å². The highest BCUT2D eigenvalue weighted by atomic mass is 32.2. The fourth-order valence-corrected chi connectivity index (χ4v) is 3.04. The molecule has 1 N–H and O–H groups in total. The molecule has 4 heteroatoms. The van der Waals surface area contributed by atoms with Gasteiger partial charge in [0.1, 0.15) is 0 Å². The topological polar surface area (TPSA) is 46.2 Å². The zero-order valence-corrected chi connectivity index (χ0v) is 12.8. The van der Waals surface area contributed by atoms with E-state index in [1.165, 1.54) is 0 Å². The molecule has 0 saturated heterocycles. The fourth-order valence-electron chi connectivity index (χ4n) is 1.86. The van der Waals surface area contributed by atoms with Gasteiger partial charge in [0, 0.05) is 6.04 Å². The van der Waals surface area contributed by atoms with Gasteiger partial charge < -0.3 is 5.32 Å². The van der Waals surface area contributed by atoms with E-state index in [0.29, 0.717) is 17.7 Å². The van der Waals surface area contributed by atoms with Gasteiger partial charge in [-0.05, 0) is 45.6 Å². The number of rotatable bonds is 9. The van der Waals surface area contributed by atoms with Crippen molar-refractivity contribution >= 4 is 9.84 Å². The summed E-state index contributed by atoms with van der Waals surface area (Å²) in [4.78, 5) is 0. The average molecular weight is 263 g/mol. The van der Waals surface area contributed by atoms with Crippen molar-refractivity contribution < 1.29 is 8.42 Å². The maximum Gasteiger partial charge on any atom is 0.152 e. The molecule has 3 nitrogen and oxygen atoms in total. The molecule has 0 rings (SSSR count). The van der Waals surface area contributed by atoms with Gasteiger partial charge in [0.25, 0.3) is 0 Å². The monoisotopic (exact) mass is 263 g/mol. The molecule has 0 aliphatic rings. The van der Waals surface area contributed by atoms with E-state index in [1.54, 1.807) is 13.8 Å². The summed E-state index contributed by atoms with van der Waals surface area (Å²) in [5.41, 5.74) is 0. The van der Waals surface area contributed by atoms with Gasteiger partial charge in [-0.15, -0.1) is 0 Å². The summed E-state index contributed by atoms with van der Waals surface area (Å²) < 4.78 is 23.5. The zero-order chi connectivity index (χ0) is 13.5. The van der Waals surface area contributed by atoms with E-state index < -0.39 is 9.84 Å². The number of hydrogen-bond acceptors (Lipinski definition) is 3. The summed E-state index contributed by atoms with van der Waals surface area (Å²) >= 11 is 0. The molecule has 0 aliphatic carbocycles. The molecule has 0 radical (unpaired) electrons. The maximum atomic E-state index is 11.7. The van der Waals surface area contributed by atoms with E-state index in [4.69, 9.17) is 0 Å². The van der Waals surface area contributed by atoms with Crippen LogP contribution in [0.4, 0.5) is 0 Å². The maximum absolute atomic E-state index is 11.7. The molecular weight excluding hydrogens is 234 g/mol. The number of sulfone groups is 1. The molecule has 104 valence electrons. The molecule has 0 aromatic carbocycles. The van der Waals surface area contributed by atoms with Crippen molar-refractivity contribution in [3.05, 3.63) is 0 Å². The molecule has 0 aliphatic heterocycles. The van der Waals surface area contributed by atoms with Gasteiger partial charge >= 0.3 is 0 Å². The smallest absolute Gasteiger partial charge is 0.152 e. The second-order valence-corrected chi connectivity index (χ2v) is 7.83. The van der Waals surface area contributed by atoms with Crippen LogP contribution in [0.1, 0.15) is 53.9 Å². The lowest BCUT2D eigenvalue weighted by molar-refractivity contribution is 0.358. The summed E-state index contributed by atoms with van der Waals surface area (Å²) in [6.07, 6.45) is 2.94. The Balaban J connectivity index is 4.19. The molecule has 0 aromatic heterocycles. The highest BCUT2D eigenvalue weighted by molar-refractivity contribution is 7.91. The van der Waals surface area contributed by atoms with E-state index in [0.717, 1.165) is 25.8 Å². The third kappa shape index (κ3) is 6.41. The van der Waals surface area contributed by atoms with Gasteiger partial charge in [-0.25, -0.2) is 8.42 Å². The van der Waals surface area contributed by atoms with Crippen LogP contribution < -0.4 is 5.32 Å². The molecule has 0 aromatic rings. The minimum atomic E-state index is -2.88. The van der Waals surface area contributed by atoms with Crippen molar-refractivity contribution in [3.8, 4) is 0 Å². The second-order valence-electron chi connectivity index (χ2n) is 5.15. The molecule has 0 fully saturated rings. The standard InChI is InChI=1S/C13H29NO2S/c1-6-9-14-13(7-2)12(5)8-10-17(15,16)11(3)4/h11-14H,6-10H2,1-5H3. The predicted molar refractivity (Wildman–Crippen MR) is 75.1 cm³/mol. The van der Waals surface area contributed by atoms with Gasteiger partial charge in [-0.3, -0.25) is 0 Å². The fraction of sp³-hybridized carbons (Fsp3) is 1.00. The zero-order valence-electron chi connectivity index (χ0n) is 12.0. The largest absolute Gasteiger partial charge is 0.314 e. The van der Waals surface area contributed by atoms with Gasteiger partial charge in [-0.1, -0.05) is 20.8 Å². The Morgan fingerprint density at radius 3 is 2.12 bits per heavy atom. The first-order valence-electron chi connectivity index (χ1n) is 6.80. The van der Waals surface area contributed by atoms with Crippen LogP contribution in [0.2, 0.25) is 0 Å². The van der Waals surface area contributed by atoms with Crippen LogP contribution in [-0.2, 0) is 9.84 Å². The summed E-state index contributed by atoms with van der Waals surface area (Å²) in [5, 5.41) is 3.24. The molecule has 2 unspecified atom stereocenters. The van der Waals surface area contributed by atoms with Crippen molar-refractivity contribution in [2.45, 2.75) is 65.2 Å². The molecule has 0 heterocycles. The van der Waals surface area contributed by atoms with Crippen molar-refractivity contribution in [3.63, 3.8) is 0 Å². The van der Waals surface area contributed by atoms with Gasteiger partial charge in [0.15, 0.2) is 9.84 Å². The van der Waals surface area contributed by atoms with Crippen molar-refractivity contribution in [2.75, 3.05) is 12.3 Å². The minimum absolute atomic E-state index is 0.252. The highest BCUT2D eigenvalue weighted by Crippen LogP contribution is 2.14. The normalized spacial score (nSPS) is 16.1. The van der Waals surface area contributed by atoms with E-state index in [-0.39, 0.29) is 5.25 Å². The van der Waals surface area contributed by atoms with Crippen LogP contribution in [0.25, 0.3) is 0 Å². The number of hydrogen-bond donors (Lipinski definition) is 1. The predicted octanol–water partition coefficient (Wildman–Crippen LogP) is 2.61. The Kier molecular flexibility index (Phi) is 8.05. The molecular formula is C13H29NO2S. The van der Waals surface area contributed by atoms with Crippen molar-refractivity contribution in [1.29, 1.82) is 0 Å². The molecule has 17 heavy (non-hydrogen) atoms. The first-order valence-corrected chi connectivity index (χ1v) is 8.51. The van der Waals surface area contributed by atoms with Gasteiger partial charge in [0.2, 0.25) is 0 Å². The molecule has 0 bridgehead atoms. The lowest BCUT2D eigenvalue weighted by atomic mass is 9.97. The van der Waals surface area contributed by atoms with Crippen LogP contribution in [0.15, 0.2) is 0 Å². The second kappa shape index (κ2) is 8.09. The summed E-state index contributed by atoms with van der Waals surface area (Å²) in [7, 11) is -2.88. The first kappa shape index (κ1) is 16.9. The Bertz CT molecular complexity index is 286. The van der Waals surface area contributed by atoms with Crippen LogP contribution in [-0.4, -0.2) is 32.0 Å². The van der Waals surface area contributed by atoms with Gasteiger partial charge in [0.05, 0.1) is 11.0 Å². The third-order valence-electron chi connectivity index (χ3n) is 3.36. The summed E-state index contributed by atoms with van der Waals surface area (Å²) in [6.45, 7) is 11.0. The Morgan fingerprint density at radius 1 is 1.12 bits per heavy atom. The van der Waals surface area contributed by atoms with Crippen LogP contribution >= 0.6 is 0 Å². The molecule has 0 spiro atoms. The third-order valence-corrected chi connectivity index (χ3v) is 5.60. The van der Waals surface area contributed by atoms with Gasteiger partial charge in [-0.2, -0.15) is 0 Å². The Labute approximate surface area is 107 Å². The number of nitrogens with one attached hydrogen (secondary N) is 1. The minimum Gasteiger partial charge on any atom is -0.314 e. The summed E-state index contributed by atoms with van der Waals surface area (Å²) in [6, 6.07) is 0.442. The van der Waals surface area contributed by atoms with Crippen LogP contribution in [0, 0.1) is 5.92 Å². The van der Waals surface area contributed by atoms with Crippen molar-refractivity contribution in [2.24, 2.45) is 5.92 Å². The van der Waals surface area contributed by atoms with Crippen LogP contribution in [0.5, 0.6) is 0 Å².